The predicted octanol–water partition coefficient (Wildman–Crippen LogP) is 0.106. The molecule has 0 unspecified atom stereocenters. The first kappa shape index (κ1) is 10.2. The zero-order valence-corrected chi connectivity index (χ0v) is 7.97. The molecule has 0 amide bonds. The Labute approximate surface area is 81.2 Å². The summed E-state index contributed by atoms with van der Waals surface area (Å²) < 4.78 is 6.27. The molecule has 0 spiro atoms. The number of hydrogen-bond acceptors (Lipinski definition) is 4. The lowest BCUT2D eigenvalue weighted by molar-refractivity contribution is -0.672. The maximum atomic E-state index is 11.1. The van der Waals surface area contributed by atoms with Gasteiger partial charge in [-0.2, -0.15) is 0 Å². The lowest BCUT2D eigenvalue weighted by Crippen LogP contribution is -2.33. The number of rotatable bonds is 2. The number of carbonyl (C=O) groups is 1. The molecule has 0 saturated heterocycles. The van der Waals surface area contributed by atoms with E-state index in [4.69, 9.17) is 5.21 Å². The van der Waals surface area contributed by atoms with E-state index >= 15 is 0 Å². The Bertz CT molecular complexity index is 374. The molecule has 0 aliphatic carbocycles. The molecule has 0 atom stereocenters. The largest absolute Gasteiger partial charge is 0.465 e. The van der Waals surface area contributed by atoms with Crippen molar-refractivity contribution in [2.75, 3.05) is 7.11 Å². The van der Waals surface area contributed by atoms with Crippen molar-refractivity contribution < 1.29 is 19.3 Å². The smallest absolute Gasteiger partial charge is 0.338 e. The summed E-state index contributed by atoms with van der Waals surface area (Å²) in [5, 5.41) is 11.3. The number of esters is 1. The van der Waals surface area contributed by atoms with E-state index in [0.717, 1.165) is 0 Å². The van der Waals surface area contributed by atoms with Crippen molar-refractivity contribution in [3.05, 3.63) is 29.6 Å². The number of pyridine rings is 1. The molecule has 1 aromatic heterocycles. The lowest BCUT2D eigenvalue weighted by Gasteiger charge is -1.98. The fourth-order valence-electron chi connectivity index (χ4n) is 1.02. The standard InChI is InChI=1S/C9H10N2O3/c1-11-4-3-7(9(12)14-2)5-8(11)6-10-13/h3-6H,1-2H3/p+1. The minimum absolute atomic E-state index is 0.417. The third kappa shape index (κ3) is 2.07. The Morgan fingerprint density at radius 1 is 1.71 bits per heavy atom. The Hall–Kier alpha value is -1.91. The first-order valence-electron chi connectivity index (χ1n) is 3.94. The van der Waals surface area contributed by atoms with Crippen LogP contribution in [0.2, 0.25) is 0 Å². The highest BCUT2D eigenvalue weighted by Gasteiger charge is 2.11. The first-order chi connectivity index (χ1) is 6.69. The van der Waals surface area contributed by atoms with E-state index in [9.17, 15) is 4.79 Å². The van der Waals surface area contributed by atoms with Gasteiger partial charge in [-0.3, -0.25) is 0 Å². The second-order valence-electron chi connectivity index (χ2n) is 2.69. The normalized spacial score (nSPS) is 10.4. The van der Waals surface area contributed by atoms with Crippen LogP contribution in [0.1, 0.15) is 16.1 Å². The van der Waals surface area contributed by atoms with E-state index in [2.05, 4.69) is 9.89 Å². The number of oxime groups is 1. The average molecular weight is 195 g/mol. The maximum Gasteiger partial charge on any atom is 0.338 e. The van der Waals surface area contributed by atoms with Crippen molar-refractivity contribution in [1.82, 2.24) is 0 Å². The zero-order valence-electron chi connectivity index (χ0n) is 7.97. The van der Waals surface area contributed by atoms with Crippen molar-refractivity contribution >= 4 is 12.2 Å². The summed E-state index contributed by atoms with van der Waals surface area (Å²) in [4.78, 5) is 11.1. The Morgan fingerprint density at radius 2 is 2.43 bits per heavy atom. The number of carbonyl (C=O) groups excluding carboxylic acids is 1. The molecule has 0 bridgehead atoms. The maximum absolute atomic E-state index is 11.1. The number of nitrogens with zero attached hydrogens (tertiary/aromatic N) is 2. The van der Waals surface area contributed by atoms with Crippen molar-refractivity contribution in [3.8, 4) is 0 Å². The highest BCUT2D eigenvalue weighted by atomic mass is 16.5. The van der Waals surface area contributed by atoms with Gasteiger partial charge in [-0.15, -0.1) is 0 Å². The fraction of sp³-hybridized carbons (Fsp3) is 0.222. The molecule has 0 aliphatic heterocycles. The number of aromatic nitrogens is 1. The van der Waals surface area contributed by atoms with Crippen LogP contribution in [0.4, 0.5) is 0 Å². The third-order valence-corrected chi connectivity index (χ3v) is 1.80. The van der Waals surface area contributed by atoms with Gasteiger partial charge in [0, 0.05) is 12.1 Å². The van der Waals surface area contributed by atoms with Crippen molar-refractivity contribution in [2.24, 2.45) is 12.2 Å². The Morgan fingerprint density at radius 3 is 3.00 bits per heavy atom. The second kappa shape index (κ2) is 4.36. The van der Waals surface area contributed by atoms with Crippen LogP contribution in [-0.4, -0.2) is 24.5 Å². The molecule has 14 heavy (non-hydrogen) atoms. The average Bonchev–Trinajstić information content (AvgIpc) is 2.20. The summed E-state index contributed by atoms with van der Waals surface area (Å²) in [6.45, 7) is 0. The molecular weight excluding hydrogens is 184 g/mol. The van der Waals surface area contributed by atoms with Gasteiger partial charge >= 0.3 is 5.97 Å². The van der Waals surface area contributed by atoms with Gasteiger partial charge in [-0.25, -0.2) is 9.36 Å². The fourth-order valence-corrected chi connectivity index (χ4v) is 1.02. The van der Waals surface area contributed by atoms with Crippen LogP contribution >= 0.6 is 0 Å². The van der Waals surface area contributed by atoms with Crippen molar-refractivity contribution in [3.63, 3.8) is 0 Å². The quantitative estimate of drug-likeness (QED) is 0.239. The summed E-state index contributed by atoms with van der Waals surface area (Å²) in [7, 11) is 3.09. The van der Waals surface area contributed by atoms with Crippen LogP contribution in [-0.2, 0) is 11.8 Å². The molecule has 5 heteroatoms. The molecule has 0 radical (unpaired) electrons. The summed E-state index contributed by atoms with van der Waals surface area (Å²) in [5.74, 6) is -0.418. The van der Waals surface area contributed by atoms with Gasteiger partial charge in [0.1, 0.15) is 13.3 Å². The Kier molecular flexibility index (Phi) is 3.17. The molecule has 1 rings (SSSR count). The minimum atomic E-state index is -0.418. The van der Waals surface area contributed by atoms with Crippen LogP contribution in [0.3, 0.4) is 0 Å². The lowest BCUT2D eigenvalue weighted by atomic mass is 10.2. The van der Waals surface area contributed by atoms with Gasteiger partial charge in [-0.1, -0.05) is 5.16 Å². The predicted molar refractivity (Wildman–Crippen MR) is 48.3 cm³/mol. The van der Waals surface area contributed by atoms with E-state index < -0.39 is 5.97 Å². The number of methoxy groups -OCH3 is 1. The molecule has 5 nitrogen and oxygen atoms in total. The van der Waals surface area contributed by atoms with Gasteiger partial charge in [0.25, 0.3) is 0 Å². The van der Waals surface area contributed by atoms with Crippen LogP contribution in [0.25, 0.3) is 0 Å². The van der Waals surface area contributed by atoms with Crippen LogP contribution < -0.4 is 4.57 Å². The topological polar surface area (TPSA) is 62.8 Å². The molecule has 0 saturated carbocycles. The van der Waals surface area contributed by atoms with E-state index in [1.165, 1.54) is 13.3 Å². The number of aryl methyl sites for hydroxylation is 1. The van der Waals surface area contributed by atoms with Gasteiger partial charge in [-0.05, 0) is 0 Å². The van der Waals surface area contributed by atoms with E-state index in [1.54, 1.807) is 29.9 Å². The van der Waals surface area contributed by atoms with Gasteiger partial charge in [0.05, 0.1) is 12.7 Å². The molecule has 1 N–H and O–H groups in total. The third-order valence-electron chi connectivity index (χ3n) is 1.80. The summed E-state index contributed by atoms with van der Waals surface area (Å²) in [6.07, 6.45) is 2.93. The molecule has 74 valence electrons. The van der Waals surface area contributed by atoms with Gasteiger partial charge in [0.2, 0.25) is 5.69 Å². The molecular formula is C9H11N2O3+. The molecule has 0 aromatic carbocycles. The second-order valence-corrected chi connectivity index (χ2v) is 2.69. The summed E-state index contributed by atoms with van der Waals surface area (Å²) >= 11 is 0. The molecule has 1 heterocycles. The van der Waals surface area contributed by atoms with E-state index in [0.29, 0.717) is 11.3 Å². The molecule has 0 fully saturated rings. The van der Waals surface area contributed by atoms with Crippen molar-refractivity contribution in [1.29, 1.82) is 0 Å². The van der Waals surface area contributed by atoms with E-state index in [1.807, 2.05) is 0 Å². The number of ether oxygens (including phenoxy) is 1. The van der Waals surface area contributed by atoms with Crippen LogP contribution in [0.5, 0.6) is 0 Å². The minimum Gasteiger partial charge on any atom is -0.465 e. The first-order valence-corrected chi connectivity index (χ1v) is 3.94. The van der Waals surface area contributed by atoms with Crippen LogP contribution in [0.15, 0.2) is 23.5 Å². The SMILES string of the molecule is COC(=O)c1cc[n+](C)c(/C=N/O)c1. The molecule has 0 aliphatic rings. The highest BCUT2D eigenvalue weighted by Crippen LogP contribution is 2.00. The van der Waals surface area contributed by atoms with Crippen LogP contribution in [0, 0.1) is 0 Å². The Balaban J connectivity index is 3.12. The number of hydrogen-bond donors (Lipinski definition) is 1. The van der Waals surface area contributed by atoms with E-state index in [-0.39, 0.29) is 0 Å². The summed E-state index contributed by atoms with van der Waals surface area (Å²) in [6, 6.07) is 3.20. The monoisotopic (exact) mass is 195 g/mol. The zero-order chi connectivity index (χ0) is 10.6. The highest BCUT2D eigenvalue weighted by molar-refractivity contribution is 5.90. The summed E-state index contributed by atoms with van der Waals surface area (Å²) in [5.41, 5.74) is 1.02. The van der Waals surface area contributed by atoms with Gasteiger partial charge < -0.3 is 9.94 Å². The van der Waals surface area contributed by atoms with Gasteiger partial charge in [0.15, 0.2) is 6.20 Å². The van der Waals surface area contributed by atoms with Crippen molar-refractivity contribution in [2.45, 2.75) is 0 Å². The molecule has 1 aromatic rings.